The van der Waals surface area contributed by atoms with Crippen molar-refractivity contribution >= 4 is 0 Å². The van der Waals surface area contributed by atoms with Crippen molar-refractivity contribution in [2.24, 2.45) is 5.73 Å². The maximum Gasteiger partial charge on any atom is 0.115 e. The molecule has 0 bridgehead atoms. The molecule has 0 radical (unpaired) electrons. The van der Waals surface area contributed by atoms with Gasteiger partial charge < -0.3 is 10.8 Å². The highest BCUT2D eigenvalue weighted by atomic mass is 16.3. The Morgan fingerprint density at radius 1 is 1.05 bits per heavy atom. The van der Waals surface area contributed by atoms with E-state index in [0.717, 1.165) is 12.8 Å². The lowest BCUT2D eigenvalue weighted by atomic mass is 9.92. The normalized spacial score (nSPS) is 16.2. The molecule has 98 valence electrons. The van der Waals surface area contributed by atoms with Gasteiger partial charge in [0.1, 0.15) is 5.75 Å². The standard InChI is InChI=1S/C17H19NO/c1-2-11-3-5-13-14-6-4-12(19)10-17(14)15(7-8-18)16(13)9-11/h3-6,9-10,15,19H,2,7-8,18H2,1H3. The Bertz CT molecular complexity index is 619. The number of hydrogen-bond acceptors (Lipinski definition) is 2. The second-order valence-electron chi connectivity index (χ2n) is 5.18. The van der Waals surface area contributed by atoms with Gasteiger partial charge in [0, 0.05) is 5.92 Å². The van der Waals surface area contributed by atoms with Gasteiger partial charge in [-0.25, -0.2) is 0 Å². The first-order valence-electron chi connectivity index (χ1n) is 6.90. The van der Waals surface area contributed by atoms with Crippen LogP contribution in [0.1, 0.15) is 36.0 Å². The third-order valence-electron chi connectivity index (χ3n) is 4.06. The van der Waals surface area contributed by atoms with Gasteiger partial charge in [-0.1, -0.05) is 31.2 Å². The summed E-state index contributed by atoms with van der Waals surface area (Å²) in [5.74, 6) is 0.665. The molecular formula is C17H19NO. The number of aryl methyl sites for hydroxylation is 1. The zero-order valence-electron chi connectivity index (χ0n) is 11.2. The average molecular weight is 253 g/mol. The van der Waals surface area contributed by atoms with Crippen LogP contribution in [-0.4, -0.2) is 11.7 Å². The predicted octanol–water partition coefficient (Wildman–Crippen LogP) is 3.42. The minimum absolute atomic E-state index is 0.327. The minimum atomic E-state index is 0.327. The molecule has 2 aromatic rings. The van der Waals surface area contributed by atoms with E-state index in [1.165, 1.54) is 27.8 Å². The Balaban J connectivity index is 2.19. The molecule has 1 unspecified atom stereocenters. The van der Waals surface area contributed by atoms with Gasteiger partial charge in [-0.15, -0.1) is 0 Å². The lowest BCUT2D eigenvalue weighted by molar-refractivity contribution is 0.474. The number of fused-ring (bicyclic) bond motifs is 3. The molecule has 0 saturated carbocycles. The average Bonchev–Trinajstić information content (AvgIpc) is 2.72. The number of nitrogens with two attached hydrogens (primary N) is 1. The topological polar surface area (TPSA) is 46.2 Å². The SMILES string of the molecule is CCc1ccc2c(c1)C(CCN)c1cc(O)ccc1-2. The summed E-state index contributed by atoms with van der Waals surface area (Å²) < 4.78 is 0. The van der Waals surface area contributed by atoms with Gasteiger partial charge in [0.2, 0.25) is 0 Å². The van der Waals surface area contributed by atoms with E-state index in [-0.39, 0.29) is 0 Å². The van der Waals surface area contributed by atoms with E-state index in [4.69, 9.17) is 5.73 Å². The fraction of sp³-hybridized carbons (Fsp3) is 0.294. The maximum atomic E-state index is 9.73. The lowest BCUT2D eigenvalue weighted by Crippen LogP contribution is -2.06. The Morgan fingerprint density at radius 2 is 1.74 bits per heavy atom. The molecular weight excluding hydrogens is 234 g/mol. The zero-order valence-corrected chi connectivity index (χ0v) is 11.2. The van der Waals surface area contributed by atoms with Gasteiger partial charge in [-0.2, -0.15) is 0 Å². The largest absolute Gasteiger partial charge is 0.508 e. The van der Waals surface area contributed by atoms with E-state index in [0.29, 0.717) is 18.2 Å². The quantitative estimate of drug-likeness (QED) is 0.880. The van der Waals surface area contributed by atoms with Gasteiger partial charge in [0.25, 0.3) is 0 Å². The molecule has 1 aliphatic carbocycles. The van der Waals surface area contributed by atoms with Crippen molar-refractivity contribution in [1.29, 1.82) is 0 Å². The summed E-state index contributed by atoms with van der Waals surface area (Å²) in [5, 5.41) is 9.73. The predicted molar refractivity (Wildman–Crippen MR) is 78.4 cm³/mol. The second-order valence-corrected chi connectivity index (χ2v) is 5.18. The molecule has 0 aliphatic heterocycles. The first kappa shape index (κ1) is 12.2. The summed E-state index contributed by atoms with van der Waals surface area (Å²) in [7, 11) is 0. The highest BCUT2D eigenvalue weighted by Crippen LogP contribution is 2.47. The van der Waals surface area contributed by atoms with Crippen molar-refractivity contribution < 1.29 is 5.11 Å². The van der Waals surface area contributed by atoms with Crippen molar-refractivity contribution in [3.05, 3.63) is 53.1 Å². The van der Waals surface area contributed by atoms with E-state index in [1.54, 1.807) is 6.07 Å². The first-order valence-corrected chi connectivity index (χ1v) is 6.90. The van der Waals surface area contributed by atoms with Crippen molar-refractivity contribution in [3.8, 4) is 16.9 Å². The Labute approximate surface area is 113 Å². The molecule has 0 spiro atoms. The summed E-state index contributed by atoms with van der Waals surface area (Å²) in [5.41, 5.74) is 12.3. The fourth-order valence-corrected chi connectivity index (χ4v) is 3.09. The van der Waals surface area contributed by atoms with Gasteiger partial charge in [0.15, 0.2) is 0 Å². The van der Waals surface area contributed by atoms with Crippen LogP contribution in [0.25, 0.3) is 11.1 Å². The Hall–Kier alpha value is -1.80. The van der Waals surface area contributed by atoms with Crippen LogP contribution in [0.2, 0.25) is 0 Å². The number of phenols is 1. The Kier molecular flexibility index (Phi) is 3.03. The molecule has 0 fully saturated rings. The van der Waals surface area contributed by atoms with Crippen LogP contribution in [0.4, 0.5) is 0 Å². The molecule has 0 aromatic heterocycles. The van der Waals surface area contributed by atoms with Crippen molar-refractivity contribution in [1.82, 2.24) is 0 Å². The van der Waals surface area contributed by atoms with Gasteiger partial charge >= 0.3 is 0 Å². The van der Waals surface area contributed by atoms with Crippen LogP contribution in [0, 0.1) is 0 Å². The molecule has 2 heteroatoms. The monoisotopic (exact) mass is 253 g/mol. The summed E-state index contributed by atoms with van der Waals surface area (Å²) >= 11 is 0. The van der Waals surface area contributed by atoms with E-state index in [1.807, 2.05) is 12.1 Å². The van der Waals surface area contributed by atoms with Crippen LogP contribution in [0.3, 0.4) is 0 Å². The number of rotatable bonds is 3. The number of hydrogen-bond donors (Lipinski definition) is 2. The molecule has 0 amide bonds. The first-order chi connectivity index (χ1) is 9.24. The van der Waals surface area contributed by atoms with Crippen LogP contribution in [0.15, 0.2) is 36.4 Å². The summed E-state index contributed by atoms with van der Waals surface area (Å²) in [6, 6.07) is 12.4. The van der Waals surface area contributed by atoms with Crippen LogP contribution >= 0.6 is 0 Å². The number of benzene rings is 2. The molecule has 1 aliphatic rings. The van der Waals surface area contributed by atoms with E-state index < -0.39 is 0 Å². The zero-order chi connectivity index (χ0) is 13.4. The molecule has 1 atom stereocenters. The highest BCUT2D eigenvalue weighted by molar-refractivity contribution is 5.79. The van der Waals surface area contributed by atoms with Gasteiger partial charge in [-0.05, 0) is 59.3 Å². The number of aromatic hydroxyl groups is 1. The van der Waals surface area contributed by atoms with Crippen LogP contribution < -0.4 is 5.73 Å². The van der Waals surface area contributed by atoms with E-state index in [9.17, 15) is 5.11 Å². The molecule has 0 heterocycles. The van der Waals surface area contributed by atoms with Crippen LogP contribution in [-0.2, 0) is 6.42 Å². The van der Waals surface area contributed by atoms with Gasteiger partial charge in [0.05, 0.1) is 0 Å². The molecule has 3 rings (SSSR count). The summed E-state index contributed by atoms with van der Waals surface area (Å²) in [6.07, 6.45) is 1.97. The minimum Gasteiger partial charge on any atom is -0.508 e. The van der Waals surface area contributed by atoms with E-state index in [2.05, 4.69) is 25.1 Å². The summed E-state index contributed by atoms with van der Waals surface area (Å²) in [4.78, 5) is 0. The van der Waals surface area contributed by atoms with Crippen molar-refractivity contribution in [2.75, 3.05) is 6.54 Å². The Morgan fingerprint density at radius 3 is 2.42 bits per heavy atom. The molecule has 19 heavy (non-hydrogen) atoms. The third-order valence-corrected chi connectivity index (χ3v) is 4.06. The highest BCUT2D eigenvalue weighted by Gasteiger charge is 2.28. The summed E-state index contributed by atoms with van der Waals surface area (Å²) in [6.45, 7) is 2.84. The molecule has 2 aromatic carbocycles. The molecule has 3 N–H and O–H groups in total. The second kappa shape index (κ2) is 4.71. The van der Waals surface area contributed by atoms with Crippen molar-refractivity contribution in [3.63, 3.8) is 0 Å². The number of phenolic OH excluding ortho intramolecular Hbond substituents is 1. The lowest BCUT2D eigenvalue weighted by Gasteiger charge is -2.13. The fourth-order valence-electron chi connectivity index (χ4n) is 3.09. The third kappa shape index (κ3) is 1.92. The van der Waals surface area contributed by atoms with Gasteiger partial charge in [-0.3, -0.25) is 0 Å². The van der Waals surface area contributed by atoms with Crippen LogP contribution in [0.5, 0.6) is 5.75 Å². The molecule has 2 nitrogen and oxygen atoms in total. The van der Waals surface area contributed by atoms with Crippen molar-refractivity contribution in [2.45, 2.75) is 25.7 Å². The smallest absolute Gasteiger partial charge is 0.115 e. The molecule has 0 saturated heterocycles. The van der Waals surface area contributed by atoms with E-state index >= 15 is 0 Å². The maximum absolute atomic E-state index is 9.73.